The molecule has 2 atom stereocenters. The van der Waals surface area contributed by atoms with Crippen LogP contribution in [0.1, 0.15) is 50.2 Å². The van der Waals surface area contributed by atoms with E-state index in [2.05, 4.69) is 24.4 Å². The molecule has 1 aromatic carbocycles. The van der Waals surface area contributed by atoms with E-state index >= 15 is 0 Å². The second-order valence-corrected chi connectivity index (χ2v) is 6.17. The lowest BCUT2D eigenvalue weighted by Gasteiger charge is -2.23. The van der Waals surface area contributed by atoms with Gasteiger partial charge in [0, 0.05) is 6.04 Å². The molecule has 1 fully saturated rings. The molecule has 1 aromatic rings. The average Bonchev–Trinajstić information content (AvgIpc) is 2.72. The molecule has 0 spiro atoms. The van der Waals surface area contributed by atoms with Crippen LogP contribution in [0.4, 0.5) is 0 Å². The quantitative estimate of drug-likeness (QED) is 0.819. The minimum atomic E-state index is -0.291. The van der Waals surface area contributed by atoms with E-state index in [4.69, 9.17) is 5.73 Å². The predicted molar refractivity (Wildman–Crippen MR) is 87.2 cm³/mol. The van der Waals surface area contributed by atoms with Gasteiger partial charge in [-0.2, -0.15) is 0 Å². The first-order valence-electron chi connectivity index (χ1n) is 8.26. The third-order valence-corrected chi connectivity index (χ3v) is 4.49. The topological polar surface area (TPSA) is 72.2 Å². The number of benzene rings is 1. The molecule has 0 bridgehead atoms. The Labute approximate surface area is 132 Å². The lowest BCUT2D eigenvalue weighted by molar-refractivity contribution is -0.125. The molecular formula is C18H26N2O2. The number of rotatable bonds is 5. The van der Waals surface area contributed by atoms with Gasteiger partial charge in [-0.25, -0.2) is 0 Å². The summed E-state index contributed by atoms with van der Waals surface area (Å²) in [4.78, 5) is 23.9. The molecule has 0 aromatic heterocycles. The number of amides is 2. The second-order valence-electron chi connectivity index (χ2n) is 6.17. The average molecular weight is 302 g/mol. The first-order valence-corrected chi connectivity index (χ1v) is 8.26. The molecule has 22 heavy (non-hydrogen) atoms. The number of nitrogens with one attached hydrogen (secondary N) is 1. The summed E-state index contributed by atoms with van der Waals surface area (Å²) in [6, 6.07) is 7.98. The maximum Gasteiger partial charge on any atom is 0.224 e. The molecule has 2 amide bonds. The number of carbonyl (C=O) groups is 2. The molecule has 0 heterocycles. The van der Waals surface area contributed by atoms with Crippen molar-refractivity contribution >= 4 is 11.8 Å². The fourth-order valence-corrected chi connectivity index (χ4v) is 3.22. The molecule has 1 aliphatic rings. The van der Waals surface area contributed by atoms with Gasteiger partial charge in [0.1, 0.15) is 0 Å². The fraction of sp³-hybridized carbons (Fsp3) is 0.556. The SMILES string of the molecule is CCc1cccc(CC(=O)N[C@H]2CCCCC[C@H]2C(N)=O)c1. The van der Waals surface area contributed by atoms with Crippen LogP contribution in [0.5, 0.6) is 0 Å². The van der Waals surface area contributed by atoms with Crippen LogP contribution in [0, 0.1) is 5.92 Å². The van der Waals surface area contributed by atoms with E-state index in [0.717, 1.165) is 44.1 Å². The summed E-state index contributed by atoms with van der Waals surface area (Å²) in [6.45, 7) is 2.10. The summed E-state index contributed by atoms with van der Waals surface area (Å²) in [5.74, 6) is -0.542. The molecule has 0 saturated heterocycles. The molecule has 3 N–H and O–H groups in total. The van der Waals surface area contributed by atoms with Crippen LogP contribution < -0.4 is 11.1 Å². The summed E-state index contributed by atoms with van der Waals surface area (Å²) in [5.41, 5.74) is 7.75. The van der Waals surface area contributed by atoms with E-state index in [1.165, 1.54) is 5.56 Å². The molecule has 120 valence electrons. The van der Waals surface area contributed by atoms with E-state index in [0.29, 0.717) is 6.42 Å². The van der Waals surface area contributed by atoms with Crippen molar-refractivity contribution in [3.63, 3.8) is 0 Å². The standard InChI is InChI=1S/C18H26N2O2/c1-2-13-7-6-8-14(11-13)12-17(21)20-16-10-5-3-4-9-15(16)18(19)22/h6-8,11,15-16H,2-5,9-10,12H2,1H3,(H2,19,22)(H,20,21)/t15-,16+/m1/s1. The zero-order valence-electron chi connectivity index (χ0n) is 13.3. The van der Waals surface area contributed by atoms with Crippen LogP contribution in [-0.2, 0) is 22.4 Å². The van der Waals surface area contributed by atoms with Crippen molar-refractivity contribution in [3.05, 3.63) is 35.4 Å². The van der Waals surface area contributed by atoms with Gasteiger partial charge in [-0.05, 0) is 30.4 Å². The van der Waals surface area contributed by atoms with Crippen LogP contribution in [0.3, 0.4) is 0 Å². The van der Waals surface area contributed by atoms with Crippen molar-refractivity contribution in [3.8, 4) is 0 Å². The number of primary amides is 1. The fourth-order valence-electron chi connectivity index (χ4n) is 3.22. The highest BCUT2D eigenvalue weighted by atomic mass is 16.2. The Morgan fingerprint density at radius 1 is 1.18 bits per heavy atom. The van der Waals surface area contributed by atoms with E-state index in [1.807, 2.05) is 12.1 Å². The highest BCUT2D eigenvalue weighted by molar-refractivity contribution is 5.81. The van der Waals surface area contributed by atoms with E-state index in [1.54, 1.807) is 0 Å². The van der Waals surface area contributed by atoms with E-state index < -0.39 is 0 Å². The summed E-state index contributed by atoms with van der Waals surface area (Å²) in [7, 11) is 0. The van der Waals surface area contributed by atoms with Gasteiger partial charge in [-0.1, -0.05) is 50.5 Å². The predicted octanol–water partition coefficient (Wildman–Crippen LogP) is 2.34. The smallest absolute Gasteiger partial charge is 0.224 e. The van der Waals surface area contributed by atoms with E-state index in [9.17, 15) is 9.59 Å². The van der Waals surface area contributed by atoms with Gasteiger partial charge >= 0.3 is 0 Å². The Hall–Kier alpha value is -1.84. The maximum absolute atomic E-state index is 12.3. The van der Waals surface area contributed by atoms with Crippen LogP contribution in [0.25, 0.3) is 0 Å². The maximum atomic E-state index is 12.3. The summed E-state index contributed by atoms with van der Waals surface area (Å²) in [5, 5.41) is 3.04. The lowest BCUT2D eigenvalue weighted by Crippen LogP contribution is -2.45. The molecule has 0 radical (unpaired) electrons. The van der Waals surface area contributed by atoms with Gasteiger partial charge in [0.15, 0.2) is 0 Å². The number of carbonyl (C=O) groups excluding carboxylic acids is 2. The molecule has 0 unspecified atom stereocenters. The number of aryl methyl sites for hydroxylation is 1. The Morgan fingerprint density at radius 2 is 1.91 bits per heavy atom. The van der Waals surface area contributed by atoms with Gasteiger partial charge < -0.3 is 11.1 Å². The summed E-state index contributed by atoms with van der Waals surface area (Å²) < 4.78 is 0. The zero-order valence-corrected chi connectivity index (χ0v) is 13.3. The highest BCUT2D eigenvalue weighted by Crippen LogP contribution is 2.23. The largest absolute Gasteiger partial charge is 0.369 e. The summed E-state index contributed by atoms with van der Waals surface area (Å²) in [6.07, 6.45) is 6.10. The Morgan fingerprint density at radius 3 is 2.64 bits per heavy atom. The Bertz CT molecular complexity index is 528. The first kappa shape index (κ1) is 16.5. The zero-order chi connectivity index (χ0) is 15.9. The Kier molecular flexibility index (Phi) is 5.99. The third kappa shape index (κ3) is 4.58. The number of nitrogens with two attached hydrogens (primary N) is 1. The van der Waals surface area contributed by atoms with Gasteiger partial charge in [0.05, 0.1) is 12.3 Å². The van der Waals surface area contributed by atoms with Gasteiger partial charge in [-0.3, -0.25) is 9.59 Å². The minimum Gasteiger partial charge on any atom is -0.369 e. The van der Waals surface area contributed by atoms with Crippen molar-refractivity contribution in [1.29, 1.82) is 0 Å². The van der Waals surface area contributed by atoms with Crippen molar-refractivity contribution in [2.24, 2.45) is 11.7 Å². The highest BCUT2D eigenvalue weighted by Gasteiger charge is 2.29. The van der Waals surface area contributed by atoms with Crippen molar-refractivity contribution < 1.29 is 9.59 Å². The molecule has 1 aliphatic carbocycles. The molecule has 4 heteroatoms. The van der Waals surface area contributed by atoms with E-state index in [-0.39, 0.29) is 23.8 Å². The normalized spacial score (nSPS) is 21.9. The number of hydrogen-bond donors (Lipinski definition) is 2. The van der Waals surface area contributed by atoms with Crippen molar-refractivity contribution in [2.45, 2.75) is 57.9 Å². The first-order chi connectivity index (χ1) is 10.6. The molecule has 2 rings (SSSR count). The van der Waals surface area contributed by atoms with Crippen molar-refractivity contribution in [1.82, 2.24) is 5.32 Å². The van der Waals surface area contributed by atoms with Crippen molar-refractivity contribution in [2.75, 3.05) is 0 Å². The second kappa shape index (κ2) is 7.97. The molecular weight excluding hydrogens is 276 g/mol. The molecule has 0 aliphatic heterocycles. The van der Waals surface area contributed by atoms with Crippen LogP contribution in [0.2, 0.25) is 0 Å². The van der Waals surface area contributed by atoms with Crippen LogP contribution >= 0.6 is 0 Å². The summed E-state index contributed by atoms with van der Waals surface area (Å²) >= 11 is 0. The molecule has 4 nitrogen and oxygen atoms in total. The van der Waals surface area contributed by atoms with Gasteiger partial charge in [0.25, 0.3) is 0 Å². The molecule has 1 saturated carbocycles. The monoisotopic (exact) mass is 302 g/mol. The lowest BCUT2D eigenvalue weighted by atomic mass is 9.93. The van der Waals surface area contributed by atoms with Gasteiger partial charge in [0.2, 0.25) is 11.8 Å². The minimum absolute atomic E-state index is 0.0218. The van der Waals surface area contributed by atoms with Crippen LogP contribution in [0.15, 0.2) is 24.3 Å². The Balaban J connectivity index is 1.98. The number of hydrogen-bond acceptors (Lipinski definition) is 2. The van der Waals surface area contributed by atoms with Crippen LogP contribution in [-0.4, -0.2) is 17.9 Å². The third-order valence-electron chi connectivity index (χ3n) is 4.49. The van der Waals surface area contributed by atoms with Gasteiger partial charge in [-0.15, -0.1) is 0 Å².